The molecular weight excluding hydrogens is 274 g/mol. The Hall–Kier alpha value is -0.340. The molecule has 0 radical (unpaired) electrons. The average Bonchev–Trinajstić information content (AvgIpc) is 2.72. The summed E-state index contributed by atoms with van der Waals surface area (Å²) in [6.45, 7) is 8.08. The van der Waals surface area contributed by atoms with Crippen molar-refractivity contribution >= 4 is 15.9 Å². The first-order valence-electron chi connectivity index (χ1n) is 6.53. The van der Waals surface area contributed by atoms with Crippen molar-refractivity contribution < 1.29 is 0 Å². The number of rotatable bonds is 4. The van der Waals surface area contributed by atoms with E-state index < -0.39 is 0 Å². The first-order valence-corrected chi connectivity index (χ1v) is 7.65. The highest BCUT2D eigenvalue weighted by Gasteiger charge is 2.21. The Morgan fingerprint density at radius 1 is 1.35 bits per heavy atom. The van der Waals surface area contributed by atoms with E-state index >= 15 is 0 Å². The minimum absolute atomic E-state index is 0.902. The molecule has 0 bridgehead atoms. The van der Waals surface area contributed by atoms with Crippen LogP contribution in [0.15, 0.2) is 18.2 Å². The minimum Gasteiger partial charge on any atom is -0.299 e. The zero-order valence-electron chi connectivity index (χ0n) is 10.9. The molecular formula is C15H22BrN. The molecule has 94 valence electrons. The molecule has 1 aromatic carbocycles. The third-order valence-corrected chi connectivity index (χ3v) is 4.24. The van der Waals surface area contributed by atoms with Crippen molar-refractivity contribution in [2.24, 2.45) is 5.92 Å². The van der Waals surface area contributed by atoms with E-state index in [2.05, 4.69) is 52.9 Å². The van der Waals surface area contributed by atoms with Gasteiger partial charge in [0.05, 0.1) is 0 Å². The summed E-state index contributed by atoms with van der Waals surface area (Å²) in [7, 11) is 0. The van der Waals surface area contributed by atoms with Gasteiger partial charge in [-0.15, -0.1) is 0 Å². The molecule has 1 fully saturated rings. The molecule has 1 aliphatic heterocycles. The van der Waals surface area contributed by atoms with E-state index in [0.29, 0.717) is 0 Å². The largest absolute Gasteiger partial charge is 0.299 e. The molecule has 2 rings (SSSR count). The smallest absolute Gasteiger partial charge is 0.0236 e. The van der Waals surface area contributed by atoms with Crippen LogP contribution >= 0.6 is 15.9 Å². The van der Waals surface area contributed by atoms with Crippen LogP contribution in [0.2, 0.25) is 0 Å². The quantitative estimate of drug-likeness (QED) is 0.761. The molecule has 2 heteroatoms. The van der Waals surface area contributed by atoms with Gasteiger partial charge in [-0.25, -0.2) is 0 Å². The molecule has 17 heavy (non-hydrogen) atoms. The van der Waals surface area contributed by atoms with E-state index in [0.717, 1.165) is 17.8 Å². The van der Waals surface area contributed by atoms with Gasteiger partial charge in [0.15, 0.2) is 0 Å². The molecule has 1 nitrogen and oxygen atoms in total. The SMILES string of the molecule is Cc1ccc(C)c(CN2CCC(CCBr)C2)c1. The molecule has 0 N–H and O–H groups in total. The highest BCUT2D eigenvalue weighted by atomic mass is 79.9. The van der Waals surface area contributed by atoms with Crippen LogP contribution in [-0.4, -0.2) is 23.3 Å². The predicted octanol–water partition coefficient (Wildman–Crippen LogP) is 3.91. The number of aryl methyl sites for hydroxylation is 2. The number of hydrogen-bond donors (Lipinski definition) is 0. The summed E-state index contributed by atoms with van der Waals surface area (Å²) in [5.74, 6) is 0.902. The summed E-state index contributed by atoms with van der Waals surface area (Å²) in [6.07, 6.45) is 2.69. The maximum atomic E-state index is 3.55. The average molecular weight is 296 g/mol. The summed E-state index contributed by atoms with van der Waals surface area (Å²) in [6, 6.07) is 6.79. The Balaban J connectivity index is 1.95. The van der Waals surface area contributed by atoms with E-state index in [1.165, 1.54) is 42.6 Å². The van der Waals surface area contributed by atoms with Gasteiger partial charge in [0.2, 0.25) is 0 Å². The fourth-order valence-corrected chi connectivity index (χ4v) is 3.31. The van der Waals surface area contributed by atoms with Crippen LogP contribution in [0.4, 0.5) is 0 Å². The van der Waals surface area contributed by atoms with Gasteiger partial charge >= 0.3 is 0 Å². The number of alkyl halides is 1. The Labute approximate surface area is 113 Å². The van der Waals surface area contributed by atoms with Gasteiger partial charge in [-0.05, 0) is 50.3 Å². The molecule has 0 spiro atoms. The molecule has 1 saturated heterocycles. The molecule has 1 aromatic rings. The Morgan fingerprint density at radius 2 is 2.18 bits per heavy atom. The van der Waals surface area contributed by atoms with E-state index in [-0.39, 0.29) is 0 Å². The molecule has 0 saturated carbocycles. The van der Waals surface area contributed by atoms with Crippen molar-refractivity contribution in [3.63, 3.8) is 0 Å². The molecule has 0 aromatic heterocycles. The number of halogens is 1. The Morgan fingerprint density at radius 3 is 2.94 bits per heavy atom. The van der Waals surface area contributed by atoms with Crippen molar-refractivity contribution in [3.8, 4) is 0 Å². The molecule has 0 amide bonds. The van der Waals surface area contributed by atoms with Crippen LogP contribution in [0.1, 0.15) is 29.5 Å². The standard InChI is InChI=1S/C15H22BrN/c1-12-3-4-13(2)15(9-12)11-17-8-6-14(10-17)5-7-16/h3-4,9,14H,5-8,10-11H2,1-2H3. The fourth-order valence-electron chi connectivity index (χ4n) is 2.66. The van der Waals surface area contributed by atoms with Crippen LogP contribution in [0, 0.1) is 19.8 Å². The summed E-state index contributed by atoms with van der Waals surface area (Å²) in [5, 5.41) is 1.15. The second-order valence-electron chi connectivity index (χ2n) is 5.30. The van der Waals surface area contributed by atoms with E-state index in [1.54, 1.807) is 0 Å². The highest BCUT2D eigenvalue weighted by Crippen LogP contribution is 2.23. The van der Waals surface area contributed by atoms with Gasteiger partial charge in [-0.3, -0.25) is 4.90 Å². The van der Waals surface area contributed by atoms with Crippen molar-refractivity contribution in [1.29, 1.82) is 0 Å². The van der Waals surface area contributed by atoms with Gasteiger partial charge in [-0.2, -0.15) is 0 Å². The molecule has 1 atom stereocenters. The van der Waals surface area contributed by atoms with Crippen molar-refractivity contribution in [2.45, 2.75) is 33.2 Å². The lowest BCUT2D eigenvalue weighted by Crippen LogP contribution is -2.20. The van der Waals surface area contributed by atoms with Crippen LogP contribution in [0.5, 0.6) is 0 Å². The van der Waals surface area contributed by atoms with E-state index in [9.17, 15) is 0 Å². The normalized spacial score (nSPS) is 21.0. The fraction of sp³-hybridized carbons (Fsp3) is 0.600. The third kappa shape index (κ3) is 3.56. The topological polar surface area (TPSA) is 3.24 Å². The monoisotopic (exact) mass is 295 g/mol. The molecule has 1 unspecified atom stereocenters. The van der Waals surface area contributed by atoms with E-state index in [4.69, 9.17) is 0 Å². The summed E-state index contributed by atoms with van der Waals surface area (Å²) in [4.78, 5) is 2.61. The molecule has 0 aliphatic carbocycles. The molecule has 1 aliphatic rings. The second kappa shape index (κ2) is 6.01. The first-order chi connectivity index (χ1) is 8.19. The maximum Gasteiger partial charge on any atom is 0.0236 e. The van der Waals surface area contributed by atoms with Crippen molar-refractivity contribution in [3.05, 3.63) is 34.9 Å². The third-order valence-electron chi connectivity index (χ3n) is 3.79. The van der Waals surface area contributed by atoms with Gasteiger partial charge in [0.1, 0.15) is 0 Å². The Bertz CT molecular complexity index is 375. The van der Waals surface area contributed by atoms with Gasteiger partial charge in [0, 0.05) is 18.4 Å². The van der Waals surface area contributed by atoms with E-state index in [1.807, 2.05) is 0 Å². The number of nitrogens with zero attached hydrogens (tertiary/aromatic N) is 1. The zero-order valence-corrected chi connectivity index (χ0v) is 12.5. The van der Waals surface area contributed by atoms with Crippen LogP contribution < -0.4 is 0 Å². The Kier molecular flexibility index (Phi) is 4.63. The van der Waals surface area contributed by atoms with Crippen LogP contribution in [-0.2, 0) is 6.54 Å². The molecule has 1 heterocycles. The van der Waals surface area contributed by atoms with Gasteiger partial charge in [0.25, 0.3) is 0 Å². The lowest BCUT2D eigenvalue weighted by atomic mass is 10.1. The number of hydrogen-bond acceptors (Lipinski definition) is 1. The lowest BCUT2D eigenvalue weighted by Gasteiger charge is -2.17. The van der Waals surface area contributed by atoms with Crippen molar-refractivity contribution in [2.75, 3.05) is 18.4 Å². The van der Waals surface area contributed by atoms with Gasteiger partial charge in [-0.1, -0.05) is 39.7 Å². The summed E-state index contributed by atoms with van der Waals surface area (Å²) in [5.41, 5.74) is 4.31. The highest BCUT2D eigenvalue weighted by molar-refractivity contribution is 9.09. The number of benzene rings is 1. The zero-order chi connectivity index (χ0) is 12.3. The van der Waals surface area contributed by atoms with Crippen LogP contribution in [0.3, 0.4) is 0 Å². The maximum absolute atomic E-state index is 3.55. The number of likely N-dealkylation sites (tertiary alicyclic amines) is 1. The summed E-state index contributed by atoms with van der Waals surface area (Å²) < 4.78 is 0. The predicted molar refractivity (Wildman–Crippen MR) is 77.7 cm³/mol. The second-order valence-corrected chi connectivity index (χ2v) is 6.09. The first kappa shape index (κ1) is 13.1. The minimum atomic E-state index is 0.902. The summed E-state index contributed by atoms with van der Waals surface area (Å²) >= 11 is 3.55. The van der Waals surface area contributed by atoms with Crippen molar-refractivity contribution in [1.82, 2.24) is 4.90 Å². The van der Waals surface area contributed by atoms with Crippen LogP contribution in [0.25, 0.3) is 0 Å². The lowest BCUT2D eigenvalue weighted by molar-refractivity contribution is 0.315. The van der Waals surface area contributed by atoms with Gasteiger partial charge < -0.3 is 0 Å².